The highest BCUT2D eigenvalue weighted by atomic mass is 35.5. The first-order valence-electron chi connectivity index (χ1n) is 7.78. The molecular weight excluding hydrogens is 377 g/mol. The highest BCUT2D eigenvalue weighted by molar-refractivity contribution is 7.89. The number of sulfonamides is 1. The molecule has 0 amide bonds. The molecule has 0 bridgehead atoms. The zero-order valence-electron chi connectivity index (χ0n) is 13.8. The van der Waals surface area contributed by atoms with Crippen molar-refractivity contribution in [3.8, 4) is 0 Å². The summed E-state index contributed by atoms with van der Waals surface area (Å²) in [6.07, 6.45) is 5.31. The van der Waals surface area contributed by atoms with E-state index in [1.165, 1.54) is 10.5 Å². The largest absolute Gasteiger partial charge is 0.428 e. The Morgan fingerprint density at radius 1 is 1.38 bits per heavy atom. The highest BCUT2D eigenvalue weighted by Crippen LogP contribution is 2.30. The van der Waals surface area contributed by atoms with E-state index in [9.17, 15) is 8.42 Å². The van der Waals surface area contributed by atoms with Crippen LogP contribution in [0.15, 0.2) is 34.0 Å². The van der Waals surface area contributed by atoms with Crippen molar-refractivity contribution in [1.29, 1.82) is 0 Å². The van der Waals surface area contributed by atoms with Crippen LogP contribution in [0.5, 0.6) is 0 Å². The maximum atomic E-state index is 12.6. The normalized spacial score (nSPS) is 16.2. The van der Waals surface area contributed by atoms with Gasteiger partial charge in [-0.15, -0.1) is 0 Å². The van der Waals surface area contributed by atoms with E-state index < -0.39 is 10.0 Å². The number of hydrogen-bond acceptors (Lipinski definition) is 6. The fourth-order valence-electron chi connectivity index (χ4n) is 2.86. The van der Waals surface area contributed by atoms with Crippen LogP contribution >= 0.6 is 11.6 Å². The van der Waals surface area contributed by atoms with Crippen LogP contribution in [-0.4, -0.2) is 53.2 Å². The number of fused-ring (bicyclic) bond motifs is 1. The molecule has 1 aliphatic rings. The molecular formula is C15H13BClN5O3S. The first-order valence-corrected chi connectivity index (χ1v) is 9.60. The lowest BCUT2D eigenvalue weighted by molar-refractivity contribution is 0.383. The molecule has 0 saturated heterocycles. The van der Waals surface area contributed by atoms with E-state index in [4.69, 9.17) is 23.9 Å². The summed E-state index contributed by atoms with van der Waals surface area (Å²) in [5.74, 6) is 0.309. The number of hydrogen-bond donors (Lipinski definition) is 0. The molecule has 0 N–H and O–H groups in total. The predicted octanol–water partition coefficient (Wildman–Crippen LogP) is 0.951. The summed E-state index contributed by atoms with van der Waals surface area (Å²) in [6, 6.07) is 1.68. The van der Waals surface area contributed by atoms with Gasteiger partial charge in [-0.1, -0.05) is 17.7 Å². The van der Waals surface area contributed by atoms with Gasteiger partial charge in [-0.2, -0.15) is 9.40 Å². The number of halogens is 1. The van der Waals surface area contributed by atoms with Gasteiger partial charge in [0.2, 0.25) is 0 Å². The zero-order valence-corrected chi connectivity index (χ0v) is 15.3. The molecule has 3 aromatic heterocycles. The van der Waals surface area contributed by atoms with Gasteiger partial charge >= 0.3 is 0 Å². The maximum Gasteiger partial charge on any atom is 0.278 e. The summed E-state index contributed by atoms with van der Waals surface area (Å²) in [5.41, 5.74) is 2.43. The SMILES string of the molecule is [B]c1nc2cc(Cl)c(C3=CCN(S(=O)(=O)c4cnc(C)o4)CC3)cn2n1. The average Bonchev–Trinajstić information content (AvgIpc) is 3.19. The smallest absolute Gasteiger partial charge is 0.278 e. The van der Waals surface area contributed by atoms with E-state index in [-0.39, 0.29) is 17.4 Å². The minimum atomic E-state index is -3.71. The van der Waals surface area contributed by atoms with Crippen molar-refractivity contribution in [3.63, 3.8) is 0 Å². The van der Waals surface area contributed by atoms with Crippen molar-refractivity contribution in [2.45, 2.75) is 18.4 Å². The number of pyridine rings is 1. The standard InChI is InChI=1S/C15H13BClN5O3S/c1-9-18-7-14(25-9)26(23,24)21-4-2-10(3-5-21)11-8-22-13(6-12(11)17)19-15(16)20-22/h2,6-8H,3-5H2,1H3. The third-order valence-corrected chi connectivity index (χ3v) is 6.17. The van der Waals surface area contributed by atoms with Gasteiger partial charge in [0.25, 0.3) is 15.1 Å². The molecule has 132 valence electrons. The Kier molecular flexibility index (Phi) is 4.13. The molecule has 0 atom stereocenters. The minimum absolute atomic E-state index is 0.149. The Balaban J connectivity index is 1.63. The Bertz CT molecular complexity index is 1140. The summed E-state index contributed by atoms with van der Waals surface area (Å²) < 4.78 is 33.2. The molecule has 0 aromatic carbocycles. The van der Waals surface area contributed by atoms with Crippen molar-refractivity contribution in [2.75, 3.05) is 13.1 Å². The second-order valence-corrected chi connectivity index (χ2v) is 8.12. The van der Waals surface area contributed by atoms with Crippen molar-refractivity contribution < 1.29 is 12.8 Å². The van der Waals surface area contributed by atoms with Gasteiger partial charge in [-0.25, -0.2) is 22.9 Å². The van der Waals surface area contributed by atoms with Gasteiger partial charge in [0.05, 0.1) is 16.9 Å². The van der Waals surface area contributed by atoms with Crippen LogP contribution in [0.2, 0.25) is 5.02 Å². The summed E-state index contributed by atoms with van der Waals surface area (Å²) in [5, 5.41) is 4.44. The molecule has 2 radical (unpaired) electrons. The Morgan fingerprint density at radius 2 is 2.19 bits per heavy atom. The van der Waals surface area contributed by atoms with E-state index in [1.807, 2.05) is 6.08 Å². The van der Waals surface area contributed by atoms with E-state index in [0.717, 1.165) is 11.1 Å². The van der Waals surface area contributed by atoms with E-state index >= 15 is 0 Å². The number of nitrogens with zero attached hydrogens (tertiary/aromatic N) is 5. The molecule has 0 unspecified atom stereocenters. The van der Waals surface area contributed by atoms with Crippen LogP contribution in [0.4, 0.5) is 0 Å². The molecule has 0 fully saturated rings. The molecule has 1 aliphatic heterocycles. The predicted molar refractivity (Wildman–Crippen MR) is 96.0 cm³/mol. The summed E-state index contributed by atoms with van der Waals surface area (Å²) >= 11 is 6.35. The maximum absolute atomic E-state index is 12.6. The first kappa shape index (κ1) is 17.3. The molecule has 11 heteroatoms. The zero-order chi connectivity index (χ0) is 18.5. The molecule has 8 nitrogen and oxygen atoms in total. The van der Waals surface area contributed by atoms with Crippen LogP contribution in [0.25, 0.3) is 11.2 Å². The molecule has 0 saturated carbocycles. The lowest BCUT2D eigenvalue weighted by atomic mass is 10.0. The number of rotatable bonds is 3. The van der Waals surface area contributed by atoms with Gasteiger partial charge in [0, 0.05) is 37.8 Å². The fourth-order valence-corrected chi connectivity index (χ4v) is 4.40. The second-order valence-electron chi connectivity index (χ2n) is 5.85. The van der Waals surface area contributed by atoms with E-state index in [2.05, 4.69) is 15.1 Å². The van der Waals surface area contributed by atoms with Gasteiger partial charge in [0.1, 0.15) is 0 Å². The van der Waals surface area contributed by atoms with Crippen molar-refractivity contribution in [1.82, 2.24) is 23.9 Å². The molecule has 4 rings (SSSR count). The van der Waals surface area contributed by atoms with Gasteiger partial charge in [-0.3, -0.25) is 0 Å². The van der Waals surface area contributed by atoms with Gasteiger partial charge in [0.15, 0.2) is 19.4 Å². The van der Waals surface area contributed by atoms with Crippen molar-refractivity contribution >= 4 is 46.4 Å². The van der Waals surface area contributed by atoms with Crippen LogP contribution < -0.4 is 5.72 Å². The van der Waals surface area contributed by atoms with Crippen LogP contribution in [0.1, 0.15) is 17.9 Å². The third-order valence-electron chi connectivity index (χ3n) is 4.15. The topological polar surface area (TPSA) is 93.6 Å². The molecule has 3 aromatic rings. The lowest BCUT2D eigenvalue weighted by Crippen LogP contribution is -2.34. The molecule has 26 heavy (non-hydrogen) atoms. The Hall–Kier alpha value is -2.17. The summed E-state index contributed by atoms with van der Waals surface area (Å²) in [6.45, 7) is 2.12. The Morgan fingerprint density at radius 3 is 2.85 bits per heavy atom. The fraction of sp³-hybridized carbons (Fsp3) is 0.267. The third kappa shape index (κ3) is 2.93. The van der Waals surface area contributed by atoms with Gasteiger partial charge < -0.3 is 4.42 Å². The van der Waals surface area contributed by atoms with Gasteiger partial charge in [-0.05, 0) is 12.0 Å². The summed E-state index contributed by atoms with van der Waals surface area (Å²) in [7, 11) is 1.90. The second kappa shape index (κ2) is 6.22. The Labute approximate surface area is 155 Å². The summed E-state index contributed by atoms with van der Waals surface area (Å²) in [4.78, 5) is 7.91. The van der Waals surface area contributed by atoms with Crippen LogP contribution in [0, 0.1) is 6.92 Å². The minimum Gasteiger partial charge on any atom is -0.428 e. The quantitative estimate of drug-likeness (QED) is 0.619. The monoisotopic (exact) mass is 389 g/mol. The molecule has 0 spiro atoms. The van der Waals surface area contributed by atoms with Crippen molar-refractivity contribution in [3.05, 3.63) is 41.0 Å². The number of aromatic nitrogens is 4. The molecule has 4 heterocycles. The van der Waals surface area contributed by atoms with Crippen LogP contribution in [-0.2, 0) is 10.0 Å². The van der Waals surface area contributed by atoms with Crippen molar-refractivity contribution in [2.24, 2.45) is 0 Å². The average molecular weight is 390 g/mol. The number of aryl methyl sites for hydroxylation is 1. The first-order chi connectivity index (χ1) is 12.3. The van der Waals surface area contributed by atoms with E-state index in [1.54, 1.807) is 23.7 Å². The van der Waals surface area contributed by atoms with Crippen LogP contribution in [0.3, 0.4) is 0 Å². The number of oxazole rings is 1. The highest BCUT2D eigenvalue weighted by Gasteiger charge is 2.30. The van der Waals surface area contributed by atoms with E-state index in [0.29, 0.717) is 29.5 Å². The molecule has 0 aliphatic carbocycles. The lowest BCUT2D eigenvalue weighted by Gasteiger charge is -2.25.